The zero-order chi connectivity index (χ0) is 83.6. The molecule has 0 aliphatic carbocycles. The molecule has 7 saturated heterocycles. The molecule has 23 nitrogen and oxygen atoms in total. The predicted molar refractivity (Wildman–Crippen MR) is 453 cm³/mol. The van der Waals surface area contributed by atoms with Gasteiger partial charge in [-0.25, -0.2) is 24.3 Å². The van der Waals surface area contributed by atoms with Gasteiger partial charge < -0.3 is 56.7 Å². The average molecular weight is 1770 g/mol. The van der Waals surface area contributed by atoms with Gasteiger partial charge in [0.15, 0.2) is 0 Å². The molecule has 15 rings (SSSR count). The highest BCUT2D eigenvalue weighted by atomic mass is 79.9. The van der Waals surface area contributed by atoms with Crippen molar-refractivity contribution >= 4 is 113 Å². The summed E-state index contributed by atoms with van der Waals surface area (Å²) in [6.07, 6.45) is 7.21. The number of anilines is 4. The molecule has 0 saturated carbocycles. The summed E-state index contributed by atoms with van der Waals surface area (Å²) in [4.78, 5) is 80.1. The molecule has 11 heterocycles. The average Bonchev–Trinajstić information content (AvgIpc) is 1.68. The van der Waals surface area contributed by atoms with Crippen LogP contribution in [0.5, 0.6) is 0 Å². The minimum Gasteiger partial charge on any atom is -0.376 e. The number of nitrogens with zero attached hydrogens (tertiary/aromatic N) is 12. The van der Waals surface area contributed by atoms with Crippen LogP contribution in [0.15, 0.2) is 101 Å². The van der Waals surface area contributed by atoms with Crippen molar-refractivity contribution in [3.05, 3.63) is 200 Å². The molecule has 4 aromatic carbocycles. The first-order chi connectivity index (χ1) is 54.2. The number of ether oxygens (including phenoxy) is 3. The van der Waals surface area contributed by atoms with Crippen molar-refractivity contribution in [1.82, 2.24) is 38.2 Å². The summed E-state index contributed by atoms with van der Waals surface area (Å²) in [7, 11) is 0. The summed E-state index contributed by atoms with van der Waals surface area (Å²) < 4.78 is 62.4. The van der Waals surface area contributed by atoms with Gasteiger partial charge in [-0.3, -0.25) is 37.4 Å². The van der Waals surface area contributed by atoms with E-state index in [0.29, 0.717) is 116 Å². The van der Waals surface area contributed by atoms with Gasteiger partial charge >= 0.3 is 0 Å². The minimum absolute atomic E-state index is 0.00292. The molecule has 31 heteroatoms. The van der Waals surface area contributed by atoms with Gasteiger partial charge in [0.1, 0.15) is 57.4 Å². The lowest BCUT2D eigenvalue weighted by Crippen LogP contribution is -2.51. The Morgan fingerprint density at radius 2 is 0.732 bits per heavy atom. The number of aryl methyl sites for hydroxylation is 4. The smallest absolute Gasteiger partial charge is 0.263 e. The van der Waals surface area contributed by atoms with Gasteiger partial charge in [0.2, 0.25) is 0 Å². The molecule has 7 fully saturated rings. The first-order valence-electron chi connectivity index (χ1n) is 39.3. The summed E-state index contributed by atoms with van der Waals surface area (Å²) in [5.41, 5.74) is 27.5. The first kappa shape index (κ1) is 80.8. The molecule has 0 amide bonds. The van der Waals surface area contributed by atoms with Crippen molar-refractivity contribution in [2.45, 2.75) is 176 Å². The molecule has 4 aromatic heterocycles. The van der Waals surface area contributed by atoms with Crippen molar-refractivity contribution < 1.29 is 22.7 Å². The first-order valence-corrected chi connectivity index (χ1v) is 41.3. The number of rotatable bonds is 8. The quantitative estimate of drug-likeness (QED) is 0.110. The molecule has 3 spiro atoms. The van der Waals surface area contributed by atoms with E-state index >= 15 is 0 Å². The summed E-state index contributed by atoms with van der Waals surface area (Å²) in [6.45, 7) is 26.0. The number of hydrogen-bond donors (Lipinski definition) is 4. The highest BCUT2D eigenvalue weighted by Gasteiger charge is 2.51. The van der Waals surface area contributed by atoms with Crippen molar-refractivity contribution in [2.75, 3.05) is 91.8 Å². The summed E-state index contributed by atoms with van der Waals surface area (Å²) in [5.74, 6) is 3.86. The molecule has 0 bridgehead atoms. The molecule has 0 radical (unpaired) electrons. The molecule has 602 valence electrons. The van der Waals surface area contributed by atoms with Crippen LogP contribution in [0, 0.1) is 77.4 Å². The second-order valence-electron chi connectivity index (χ2n) is 31.3. The van der Waals surface area contributed by atoms with Crippen LogP contribution in [0.4, 0.5) is 27.7 Å². The number of nitrogens with two attached hydrogens (primary N) is 4. The van der Waals surface area contributed by atoms with E-state index in [1.54, 1.807) is 60.2 Å². The zero-order valence-corrected chi connectivity index (χ0v) is 71.8. The summed E-state index contributed by atoms with van der Waals surface area (Å²) in [5, 5.41) is 1.40. The van der Waals surface area contributed by atoms with Crippen LogP contribution in [0.3, 0.4) is 0 Å². The molecule has 7 aliphatic heterocycles. The predicted octanol–water partition coefficient (Wildman–Crippen LogP) is 13.6. The van der Waals surface area contributed by atoms with Crippen molar-refractivity contribution in [2.24, 2.45) is 39.2 Å². The maximum Gasteiger partial charge on any atom is 0.263 e. The Kier molecular flexibility index (Phi) is 24.6. The topological polar surface area (TPSA) is 284 Å². The van der Waals surface area contributed by atoms with E-state index in [1.165, 1.54) is 21.3 Å². The molecule has 112 heavy (non-hydrogen) atoms. The van der Waals surface area contributed by atoms with Crippen LogP contribution in [0.1, 0.15) is 129 Å². The van der Waals surface area contributed by atoms with Gasteiger partial charge in [-0.05, 0) is 215 Å². The molecular formula is C81H100Br2Cl5FN16O7. The van der Waals surface area contributed by atoms with Crippen molar-refractivity contribution in [1.29, 1.82) is 0 Å². The third-order valence-corrected chi connectivity index (χ3v) is 28.0. The molecule has 6 atom stereocenters. The Hall–Kier alpha value is -6.34. The Balaban J connectivity index is 0.000000142. The third kappa shape index (κ3) is 16.5. The minimum atomic E-state index is -2.64. The molecular weight excluding hydrogens is 1670 g/mol. The van der Waals surface area contributed by atoms with Gasteiger partial charge in [0, 0.05) is 101 Å². The highest BCUT2D eigenvalue weighted by Crippen LogP contribution is 2.46. The standard InChI is InChI=1S/2C21H26BrClN4O2.C21H26ClFN4O2.C18H22Cl2N4O/c1-12-19(26-9-7-21(8-10-26)11-29-13(2)18(21)24)25-14(3)27(20(12)28)16-6-4-5-15(23)17(16)22;1-12-19(26-9-7-21(8-10-26)11-29-13(2)18(21)24)25-14(3)27(20(12)28)16-6-4-5-15(22)17(16)23;1-12-19(26-9-7-21(8-10-26)11-29-13(2)18(21)24)25-14(3)27(20(12)28)16-6-4-5-15(23)17(16)22;1-11-16(23-9-7-18(3,21)8-10-23)22-12(2)24(17(11)25)14-6-4-5-13(19)15(14)20/h3*4-6,13,18H,7-11,24H2,1-3H3;4-6H,7-10,21H2,1-3H3/t3*13-,18+;/m111./s1/i;;;1D3. The van der Waals surface area contributed by atoms with E-state index in [2.05, 4.69) is 58.5 Å². The van der Waals surface area contributed by atoms with Gasteiger partial charge in [0.25, 0.3) is 22.2 Å². The maximum absolute atomic E-state index is 13.9. The van der Waals surface area contributed by atoms with E-state index in [1.807, 2.05) is 83.7 Å². The monoisotopic (exact) mass is 1760 g/mol. The number of benzene rings is 4. The zero-order valence-electron chi connectivity index (χ0n) is 67.9. The molecule has 8 N–H and O–H groups in total. The third-order valence-electron chi connectivity index (χ3n) is 24.2. The highest BCUT2D eigenvalue weighted by molar-refractivity contribution is 9.11. The van der Waals surface area contributed by atoms with Gasteiger partial charge in [-0.15, -0.1) is 0 Å². The Morgan fingerprint density at radius 3 is 1.09 bits per heavy atom. The van der Waals surface area contributed by atoms with Crippen LogP contribution in [-0.4, -0.2) is 152 Å². The fourth-order valence-electron chi connectivity index (χ4n) is 16.8. The van der Waals surface area contributed by atoms with E-state index in [-0.39, 0.29) is 101 Å². The molecule has 0 unspecified atom stereocenters. The van der Waals surface area contributed by atoms with Crippen LogP contribution in [0.2, 0.25) is 25.1 Å². The lowest BCUT2D eigenvalue weighted by Gasteiger charge is -2.42. The van der Waals surface area contributed by atoms with Crippen LogP contribution in [-0.2, 0) is 14.2 Å². The van der Waals surface area contributed by atoms with Crippen molar-refractivity contribution in [3.63, 3.8) is 0 Å². The lowest BCUT2D eigenvalue weighted by atomic mass is 9.73. The molecule has 7 aliphatic rings. The second-order valence-corrected chi connectivity index (χ2v) is 34.9. The maximum atomic E-state index is 13.9. The van der Waals surface area contributed by atoms with Gasteiger partial charge in [0.05, 0.1) is 108 Å². The van der Waals surface area contributed by atoms with Gasteiger partial charge in [-0.1, -0.05) is 82.3 Å². The fraction of sp³-hybridized carbons (Fsp3) is 0.506. The van der Waals surface area contributed by atoms with E-state index in [0.717, 1.165) is 107 Å². The van der Waals surface area contributed by atoms with Crippen LogP contribution in [0.25, 0.3) is 22.7 Å². The van der Waals surface area contributed by atoms with E-state index in [9.17, 15) is 23.6 Å². The lowest BCUT2D eigenvalue weighted by molar-refractivity contribution is 0.0973. The number of aromatic nitrogens is 8. The fourth-order valence-corrected chi connectivity index (χ4v) is 18.6. The second kappa shape index (κ2) is 34.1. The summed E-state index contributed by atoms with van der Waals surface area (Å²) >= 11 is 38.1. The SMILES string of the molecule is Cc1c(N2CCC3(CC2)CO[C@H](C)[C@@H]3N)nc(C)n(-c2cccc(Br)c2Cl)c1=O.Cc1c(N2CCC3(CC2)CO[C@H](C)[C@@H]3N)nc(C)n(-c2cccc(Cl)c2Br)c1=O.Cc1c(N2CCC3(CC2)CO[C@H](C)[C@@H]3N)nc(C)n(-c2cccc(F)c2Cl)c1=O.[2H]C([2H])([2H])c1c(N2CCC(C)(N)CC2)nc(C)n(-c2cccc(Cl)c2Cl)c1=O. The van der Waals surface area contributed by atoms with Gasteiger partial charge in [-0.2, -0.15) is 0 Å². The summed E-state index contributed by atoms with van der Waals surface area (Å²) in [6, 6.07) is 20.4. The molecule has 8 aromatic rings. The van der Waals surface area contributed by atoms with Crippen LogP contribution >= 0.6 is 89.9 Å². The Bertz CT molecular complexity index is 4870. The Morgan fingerprint density at radius 1 is 0.438 bits per heavy atom. The number of piperidine rings is 4. The number of hydrogen-bond acceptors (Lipinski definition) is 19. The van der Waals surface area contributed by atoms with E-state index in [4.69, 9.17) is 114 Å². The normalized spacial score (nSPS) is 22.7. The number of halogens is 8. The Labute approximate surface area is 698 Å². The largest absolute Gasteiger partial charge is 0.376 e. The van der Waals surface area contributed by atoms with Crippen molar-refractivity contribution in [3.8, 4) is 22.7 Å². The van der Waals surface area contributed by atoms with Crippen LogP contribution < -0.4 is 64.8 Å². The van der Waals surface area contributed by atoms with E-state index < -0.39 is 18.2 Å².